The summed E-state index contributed by atoms with van der Waals surface area (Å²) in [5.41, 5.74) is 2.18. The van der Waals surface area contributed by atoms with Crippen LogP contribution >= 0.6 is 0 Å². The summed E-state index contributed by atoms with van der Waals surface area (Å²) in [4.78, 5) is 43.9. The van der Waals surface area contributed by atoms with Gasteiger partial charge in [-0.25, -0.2) is 0 Å². The third kappa shape index (κ3) is 2.52. The van der Waals surface area contributed by atoms with Crippen molar-refractivity contribution in [3.63, 3.8) is 0 Å². The molecular weight excluding hydrogens is 406 g/mol. The minimum atomic E-state index is -2.63. The van der Waals surface area contributed by atoms with Gasteiger partial charge in [0, 0.05) is 17.7 Å². The van der Waals surface area contributed by atoms with E-state index in [4.69, 9.17) is 5.73 Å². The first-order valence-electron chi connectivity index (χ1n) is 9.76. The molecule has 0 radical (unpaired) electrons. The van der Waals surface area contributed by atoms with Gasteiger partial charge in [0.1, 0.15) is 22.8 Å². The lowest BCUT2D eigenvalue weighted by Crippen LogP contribution is -2.65. The third-order valence-electron chi connectivity index (χ3n) is 6.84. The van der Waals surface area contributed by atoms with E-state index in [9.17, 15) is 34.8 Å². The largest absolute Gasteiger partial charge is 0.508 e. The Bertz CT molecular complexity index is 1110. The number of amides is 1. The van der Waals surface area contributed by atoms with Crippen LogP contribution in [0.2, 0.25) is 0 Å². The number of aromatic hydroxyl groups is 1. The summed E-state index contributed by atoms with van der Waals surface area (Å²) in [5, 5.41) is 43.4. The van der Waals surface area contributed by atoms with Crippen molar-refractivity contribution in [2.24, 2.45) is 17.6 Å². The Kier molecular flexibility index (Phi) is 4.49. The van der Waals surface area contributed by atoms with Crippen LogP contribution in [-0.4, -0.2) is 73.5 Å². The molecule has 1 fully saturated rings. The normalized spacial score (nSPS) is 32.7. The molecule has 1 aromatic heterocycles. The molecule has 0 bridgehead atoms. The van der Waals surface area contributed by atoms with Gasteiger partial charge in [-0.1, -0.05) is 6.92 Å². The molecule has 1 amide bonds. The van der Waals surface area contributed by atoms with Crippen molar-refractivity contribution in [2.45, 2.75) is 30.9 Å². The van der Waals surface area contributed by atoms with Crippen LogP contribution in [-0.2, 0) is 14.4 Å². The van der Waals surface area contributed by atoms with E-state index in [-0.39, 0.29) is 23.3 Å². The lowest BCUT2D eigenvalue weighted by molar-refractivity contribution is -0.154. The van der Waals surface area contributed by atoms with E-state index in [0.29, 0.717) is 5.56 Å². The van der Waals surface area contributed by atoms with E-state index >= 15 is 0 Å². The van der Waals surface area contributed by atoms with Crippen molar-refractivity contribution in [3.8, 4) is 5.75 Å². The van der Waals surface area contributed by atoms with Crippen molar-refractivity contribution in [1.82, 2.24) is 9.88 Å². The predicted octanol–water partition coefficient (Wildman–Crippen LogP) is -0.0800. The van der Waals surface area contributed by atoms with Crippen LogP contribution in [0.4, 0.5) is 0 Å². The Morgan fingerprint density at radius 3 is 2.45 bits per heavy atom. The first kappa shape index (κ1) is 21.0. The number of fused-ring (bicyclic) bond motifs is 3. The number of carbonyl (C=O) groups is 3. The molecule has 1 aromatic rings. The van der Waals surface area contributed by atoms with Crippen LogP contribution < -0.4 is 5.73 Å². The van der Waals surface area contributed by atoms with Gasteiger partial charge in [0.15, 0.2) is 11.4 Å². The molecule has 4 rings (SSSR count). The number of rotatable bonds is 2. The highest BCUT2D eigenvalue weighted by molar-refractivity contribution is 6.24. The number of likely N-dealkylation sites (N-methyl/N-ethyl adjacent to an activating group) is 1. The SMILES string of the molecule is C[C@H]1c2cncc(O)c2C(O)=C2C(=O)[C@]3(O)C(O)=C(C(N)=O)C(=O)[C@@H](N(C)C)[C@@H]3C[C@@H]21. The molecule has 10 nitrogen and oxygen atoms in total. The van der Waals surface area contributed by atoms with E-state index in [1.807, 2.05) is 0 Å². The first-order chi connectivity index (χ1) is 14.4. The van der Waals surface area contributed by atoms with Crippen LogP contribution in [0.3, 0.4) is 0 Å². The van der Waals surface area contributed by atoms with Crippen molar-refractivity contribution in [2.75, 3.05) is 14.1 Å². The number of ketones is 2. The van der Waals surface area contributed by atoms with Gasteiger partial charge in [-0.2, -0.15) is 0 Å². The van der Waals surface area contributed by atoms with Gasteiger partial charge >= 0.3 is 0 Å². The standard InChI is InChI=1S/C21H23N3O7/c1-7-8-4-10-15(24(2)3)17(27)14(20(22)30)19(29)21(10,31)18(28)13(8)16(26)12-9(7)5-23-6-11(12)25/h5-8,10,15,25-26,29,31H,4H2,1-3H3,(H2,22,30)/t7-,8-,10+,15+,21+/m1/s1. The van der Waals surface area contributed by atoms with Gasteiger partial charge in [0.25, 0.3) is 5.91 Å². The molecule has 3 aliphatic carbocycles. The lowest BCUT2D eigenvalue weighted by atomic mass is 9.56. The maximum Gasteiger partial charge on any atom is 0.255 e. The van der Waals surface area contributed by atoms with Gasteiger partial charge in [0.2, 0.25) is 5.78 Å². The number of hydrogen-bond acceptors (Lipinski definition) is 9. The Morgan fingerprint density at radius 2 is 1.87 bits per heavy atom. The number of aromatic nitrogens is 1. The van der Waals surface area contributed by atoms with Gasteiger partial charge in [0.05, 0.1) is 17.8 Å². The van der Waals surface area contributed by atoms with E-state index in [1.165, 1.54) is 11.1 Å². The van der Waals surface area contributed by atoms with Crippen LogP contribution in [0.15, 0.2) is 29.3 Å². The molecular formula is C21H23N3O7. The van der Waals surface area contributed by atoms with E-state index in [2.05, 4.69) is 4.98 Å². The molecule has 0 spiro atoms. The van der Waals surface area contributed by atoms with Crippen molar-refractivity contribution in [1.29, 1.82) is 0 Å². The molecule has 6 N–H and O–H groups in total. The number of hydrogen-bond donors (Lipinski definition) is 5. The van der Waals surface area contributed by atoms with Gasteiger partial charge in [-0.15, -0.1) is 0 Å². The Balaban J connectivity index is 2.01. The van der Waals surface area contributed by atoms with Crippen molar-refractivity contribution < 1.29 is 34.8 Å². The van der Waals surface area contributed by atoms with Gasteiger partial charge in [-0.3, -0.25) is 24.3 Å². The van der Waals surface area contributed by atoms with E-state index < -0.39 is 64.0 Å². The summed E-state index contributed by atoms with van der Waals surface area (Å²) >= 11 is 0. The minimum absolute atomic E-state index is 0.0267. The summed E-state index contributed by atoms with van der Waals surface area (Å²) in [6.45, 7) is 1.79. The fourth-order valence-electron chi connectivity index (χ4n) is 5.37. The number of carbonyl (C=O) groups excluding carboxylic acids is 3. The monoisotopic (exact) mass is 429 g/mol. The van der Waals surface area contributed by atoms with Gasteiger partial charge < -0.3 is 26.2 Å². The molecule has 31 heavy (non-hydrogen) atoms. The van der Waals surface area contributed by atoms with Crippen LogP contribution in [0.5, 0.6) is 5.75 Å². The highest BCUT2D eigenvalue weighted by Gasteiger charge is 2.64. The minimum Gasteiger partial charge on any atom is -0.508 e. The molecule has 0 aromatic carbocycles. The maximum absolute atomic E-state index is 13.6. The zero-order valence-corrected chi connectivity index (χ0v) is 17.2. The predicted molar refractivity (Wildman–Crippen MR) is 107 cm³/mol. The molecule has 10 heteroatoms. The highest BCUT2D eigenvalue weighted by atomic mass is 16.3. The molecule has 164 valence electrons. The van der Waals surface area contributed by atoms with E-state index in [1.54, 1.807) is 21.0 Å². The molecule has 3 aliphatic rings. The highest BCUT2D eigenvalue weighted by Crippen LogP contribution is 2.55. The average molecular weight is 429 g/mol. The second-order valence-electron chi connectivity index (χ2n) is 8.58. The molecule has 1 heterocycles. The Morgan fingerprint density at radius 1 is 1.23 bits per heavy atom. The molecule has 5 atom stereocenters. The average Bonchev–Trinajstić information content (AvgIpc) is 2.68. The second-order valence-corrected chi connectivity index (χ2v) is 8.58. The summed E-state index contributed by atoms with van der Waals surface area (Å²) in [5.74, 6) is -7.15. The van der Waals surface area contributed by atoms with Crippen LogP contribution in [0, 0.1) is 11.8 Å². The van der Waals surface area contributed by atoms with Crippen molar-refractivity contribution >= 4 is 23.2 Å². The van der Waals surface area contributed by atoms with Crippen LogP contribution in [0.25, 0.3) is 5.76 Å². The fraction of sp³-hybridized carbons (Fsp3) is 0.429. The molecule has 0 aliphatic heterocycles. The van der Waals surface area contributed by atoms with E-state index in [0.717, 1.165) is 6.20 Å². The number of pyridine rings is 1. The number of nitrogens with two attached hydrogens (primary N) is 1. The zero-order chi connectivity index (χ0) is 23.0. The molecule has 1 saturated carbocycles. The number of nitrogens with zero attached hydrogens (tertiary/aromatic N) is 2. The third-order valence-corrected chi connectivity index (χ3v) is 6.84. The Hall–Kier alpha value is -3.24. The second kappa shape index (κ2) is 6.63. The fourth-order valence-corrected chi connectivity index (χ4v) is 5.37. The quantitative estimate of drug-likeness (QED) is 0.403. The Labute approximate surface area is 177 Å². The molecule has 0 saturated heterocycles. The first-order valence-corrected chi connectivity index (χ1v) is 9.76. The number of primary amides is 1. The van der Waals surface area contributed by atoms with Crippen LogP contribution in [0.1, 0.15) is 30.4 Å². The van der Waals surface area contributed by atoms with Crippen molar-refractivity contribution in [3.05, 3.63) is 40.4 Å². The number of aliphatic hydroxyl groups is 3. The number of aliphatic hydroxyl groups excluding tert-OH is 2. The van der Waals surface area contributed by atoms with Gasteiger partial charge in [-0.05, 0) is 37.9 Å². The smallest absolute Gasteiger partial charge is 0.255 e. The topological polar surface area (TPSA) is 174 Å². The lowest BCUT2D eigenvalue weighted by Gasteiger charge is -2.51. The molecule has 0 unspecified atom stereocenters. The summed E-state index contributed by atoms with van der Waals surface area (Å²) in [6.07, 6.45) is 2.65. The summed E-state index contributed by atoms with van der Waals surface area (Å²) < 4.78 is 0. The summed E-state index contributed by atoms with van der Waals surface area (Å²) in [6, 6.07) is -1.10. The maximum atomic E-state index is 13.6. The number of Topliss-reactive ketones (excluding diaryl/α,β-unsaturated/α-hetero) is 2. The summed E-state index contributed by atoms with van der Waals surface area (Å²) in [7, 11) is 3.11. The zero-order valence-electron chi connectivity index (χ0n) is 17.2.